The first-order valence-electron chi connectivity index (χ1n) is 13.7. The van der Waals surface area contributed by atoms with Gasteiger partial charge in [0.05, 0.1) is 41.6 Å². The van der Waals surface area contributed by atoms with E-state index in [1.807, 2.05) is 0 Å². The van der Waals surface area contributed by atoms with Gasteiger partial charge in [0, 0.05) is 36.9 Å². The molecule has 5 rings (SSSR count). The lowest BCUT2D eigenvalue weighted by Gasteiger charge is -2.38. The van der Waals surface area contributed by atoms with Gasteiger partial charge in [0.15, 0.2) is 17.4 Å². The maximum absolute atomic E-state index is 14.6. The third-order valence-corrected chi connectivity index (χ3v) is 8.12. The summed E-state index contributed by atoms with van der Waals surface area (Å²) in [4.78, 5) is 42.3. The Morgan fingerprint density at radius 2 is 1.84 bits per heavy atom. The normalized spacial score (nSPS) is 21.4. The number of nitrogens with one attached hydrogen (secondary N) is 4. The van der Waals surface area contributed by atoms with Gasteiger partial charge in [0.25, 0.3) is 11.8 Å². The third kappa shape index (κ3) is 6.33. The van der Waals surface area contributed by atoms with Crippen LogP contribution in [0, 0.1) is 17.6 Å². The summed E-state index contributed by atoms with van der Waals surface area (Å²) < 4.78 is 34.9. The van der Waals surface area contributed by atoms with Gasteiger partial charge in [-0.3, -0.25) is 14.4 Å². The Labute approximate surface area is 251 Å². The van der Waals surface area contributed by atoms with Crippen molar-refractivity contribution in [3.8, 4) is 17.0 Å². The molecule has 43 heavy (non-hydrogen) atoms. The second-order valence-corrected chi connectivity index (χ2v) is 11.0. The topological polar surface area (TPSA) is 147 Å². The molecular weight excluding hydrogens is 586 g/mol. The number of aromatic nitrogens is 2. The molecule has 0 bridgehead atoms. The fourth-order valence-corrected chi connectivity index (χ4v) is 5.56. The average Bonchev–Trinajstić information content (AvgIpc) is 3.34. The minimum absolute atomic E-state index is 0.0649. The van der Waals surface area contributed by atoms with Crippen LogP contribution in [0.1, 0.15) is 40.2 Å². The Hall–Kier alpha value is -4.07. The van der Waals surface area contributed by atoms with Crippen LogP contribution in [0.4, 0.5) is 14.5 Å². The predicted octanol–water partition coefficient (Wildman–Crippen LogP) is 2.63. The zero-order chi connectivity index (χ0) is 30.8. The molecule has 2 unspecified atom stereocenters. The molecule has 0 spiro atoms. The number of rotatable bonds is 8. The lowest BCUT2D eigenvalue weighted by Crippen LogP contribution is -2.56. The van der Waals surface area contributed by atoms with Crippen LogP contribution in [0.3, 0.4) is 0 Å². The number of anilines is 1. The number of aliphatic hydroxyl groups is 1. The number of benzene rings is 2. The van der Waals surface area contributed by atoms with Crippen molar-refractivity contribution in [1.29, 1.82) is 0 Å². The summed E-state index contributed by atoms with van der Waals surface area (Å²) in [6.45, 7) is 1.07. The second kappa shape index (κ2) is 12.7. The number of methoxy groups -OCH3 is 1. The number of carbonyl (C=O) groups is 3. The van der Waals surface area contributed by atoms with Crippen molar-refractivity contribution in [2.45, 2.75) is 37.5 Å². The molecule has 1 aliphatic carbocycles. The van der Waals surface area contributed by atoms with Gasteiger partial charge in [-0.1, -0.05) is 11.6 Å². The van der Waals surface area contributed by atoms with Crippen LogP contribution in [0.5, 0.6) is 5.75 Å². The van der Waals surface area contributed by atoms with Crippen LogP contribution < -0.4 is 26.0 Å². The molecule has 14 heteroatoms. The van der Waals surface area contributed by atoms with Crippen molar-refractivity contribution in [3.63, 3.8) is 0 Å². The number of piperidine rings is 1. The van der Waals surface area contributed by atoms with E-state index in [0.29, 0.717) is 38.0 Å². The number of β-amino-alcohol motifs (C(OH)–C–C–N with tert-alkyl or cyclic N) is 1. The molecule has 1 aromatic heterocycles. The molecule has 2 atom stereocenters. The number of nitrogens with zero attached hydrogens (tertiary/aromatic N) is 2. The van der Waals surface area contributed by atoms with Crippen LogP contribution in [0.2, 0.25) is 5.02 Å². The molecule has 3 amide bonds. The highest BCUT2D eigenvalue weighted by Crippen LogP contribution is 2.30. The summed E-state index contributed by atoms with van der Waals surface area (Å²) in [6, 6.07) is 6.79. The van der Waals surface area contributed by atoms with E-state index in [4.69, 9.17) is 16.3 Å². The molecule has 1 saturated heterocycles. The van der Waals surface area contributed by atoms with Crippen molar-refractivity contribution in [1.82, 2.24) is 25.5 Å². The highest BCUT2D eigenvalue weighted by Gasteiger charge is 2.36. The zero-order valence-electron chi connectivity index (χ0n) is 23.4. The van der Waals surface area contributed by atoms with E-state index in [9.17, 15) is 28.3 Å². The van der Waals surface area contributed by atoms with Crippen LogP contribution >= 0.6 is 11.6 Å². The Morgan fingerprint density at radius 3 is 2.53 bits per heavy atom. The van der Waals surface area contributed by atoms with Crippen LogP contribution in [-0.2, 0) is 11.8 Å². The van der Waals surface area contributed by atoms with Crippen molar-refractivity contribution in [2.75, 3.05) is 25.5 Å². The van der Waals surface area contributed by atoms with Crippen molar-refractivity contribution < 1.29 is 33.0 Å². The van der Waals surface area contributed by atoms with Crippen molar-refractivity contribution in [2.24, 2.45) is 13.0 Å². The summed E-state index contributed by atoms with van der Waals surface area (Å²) in [6.07, 6.45) is 2.23. The summed E-state index contributed by atoms with van der Waals surface area (Å²) in [5.74, 6) is -4.22. The number of imidazole rings is 1. The first-order valence-corrected chi connectivity index (χ1v) is 14.1. The van der Waals surface area contributed by atoms with Crippen LogP contribution in [-0.4, -0.2) is 70.8 Å². The number of ether oxygens (including phenoxy) is 1. The Morgan fingerprint density at radius 1 is 1.09 bits per heavy atom. The maximum atomic E-state index is 14.6. The van der Waals surface area contributed by atoms with Crippen LogP contribution in [0.15, 0.2) is 36.5 Å². The molecule has 1 saturated carbocycles. The predicted molar refractivity (Wildman–Crippen MR) is 154 cm³/mol. The van der Waals surface area contributed by atoms with E-state index in [-0.39, 0.29) is 51.4 Å². The van der Waals surface area contributed by atoms with Crippen molar-refractivity contribution >= 4 is 35.0 Å². The molecule has 1 aliphatic heterocycles. The van der Waals surface area contributed by atoms with Gasteiger partial charge in [-0.15, -0.1) is 0 Å². The Bertz CT molecular complexity index is 1560. The van der Waals surface area contributed by atoms with Gasteiger partial charge in [-0.25, -0.2) is 9.37 Å². The monoisotopic (exact) mass is 616 g/mol. The SMILES string of the molecule is COc1ccc(-c2cnc(C(=O)Nc3ccc(C(=O)NC4CC(NC(=O)C5CCNCC5O)C4)c(Cl)c3)n2C)c(F)c1F. The zero-order valence-corrected chi connectivity index (χ0v) is 24.2. The third-order valence-electron chi connectivity index (χ3n) is 7.81. The highest BCUT2D eigenvalue weighted by molar-refractivity contribution is 6.34. The molecule has 2 fully saturated rings. The van der Waals surface area contributed by atoms with E-state index in [1.54, 1.807) is 0 Å². The number of amides is 3. The number of halogens is 3. The summed E-state index contributed by atoms with van der Waals surface area (Å²) in [5.41, 5.74) is 0.591. The van der Waals surface area contributed by atoms with Gasteiger partial charge in [-0.2, -0.15) is 4.39 Å². The van der Waals surface area contributed by atoms with Crippen LogP contribution in [0.25, 0.3) is 11.3 Å². The molecule has 3 aromatic rings. The first kappa shape index (κ1) is 30.4. The van der Waals surface area contributed by atoms with E-state index >= 15 is 0 Å². The lowest BCUT2D eigenvalue weighted by molar-refractivity contribution is -0.131. The van der Waals surface area contributed by atoms with E-state index in [2.05, 4.69) is 26.3 Å². The number of hydrogen-bond acceptors (Lipinski definition) is 7. The van der Waals surface area contributed by atoms with Gasteiger partial charge >= 0.3 is 0 Å². The summed E-state index contributed by atoms with van der Waals surface area (Å²) in [7, 11) is 2.72. The molecule has 228 valence electrons. The summed E-state index contributed by atoms with van der Waals surface area (Å²) >= 11 is 6.36. The largest absolute Gasteiger partial charge is 0.494 e. The van der Waals surface area contributed by atoms with Gasteiger partial charge in [-0.05, 0) is 56.1 Å². The summed E-state index contributed by atoms with van der Waals surface area (Å²) in [5, 5.41) is 21.7. The highest BCUT2D eigenvalue weighted by atomic mass is 35.5. The molecule has 2 aromatic carbocycles. The second-order valence-electron chi connectivity index (χ2n) is 10.6. The Kier molecular flexibility index (Phi) is 8.95. The molecule has 5 N–H and O–H groups in total. The van der Waals surface area contributed by atoms with E-state index < -0.39 is 35.5 Å². The van der Waals surface area contributed by atoms with Gasteiger partial charge in [0.1, 0.15) is 0 Å². The fraction of sp³-hybridized carbons (Fsp3) is 0.379. The minimum Gasteiger partial charge on any atom is -0.494 e. The first-order chi connectivity index (χ1) is 20.6. The smallest absolute Gasteiger partial charge is 0.291 e. The Balaban J connectivity index is 1.16. The average molecular weight is 617 g/mol. The standard InChI is InChI=1S/C29H31ClF2N6O5/c1-38-21(18-5-6-23(43-2)25(32)24(18)31)12-34-26(38)29(42)35-14-3-4-17(20(30)11-14)27(40)36-15-9-16(10-15)37-28(41)19-7-8-33-13-22(19)39/h3-6,11-12,15-16,19,22,33,39H,7-10,13H2,1-2H3,(H,35,42)(H,36,40)(H,37,41). The lowest BCUT2D eigenvalue weighted by atomic mass is 9.85. The maximum Gasteiger partial charge on any atom is 0.291 e. The van der Waals surface area contributed by atoms with Gasteiger partial charge < -0.3 is 35.7 Å². The van der Waals surface area contributed by atoms with Gasteiger partial charge in [0.2, 0.25) is 11.7 Å². The molecule has 2 aliphatic rings. The number of aliphatic hydroxyl groups excluding tert-OH is 1. The molecule has 0 radical (unpaired) electrons. The molecule has 11 nitrogen and oxygen atoms in total. The number of hydrogen-bond donors (Lipinski definition) is 5. The van der Waals surface area contributed by atoms with E-state index in [0.717, 1.165) is 0 Å². The van der Waals surface area contributed by atoms with E-state index in [1.165, 1.54) is 55.3 Å². The molecule has 2 heterocycles. The number of carbonyl (C=O) groups excluding carboxylic acids is 3. The fourth-order valence-electron chi connectivity index (χ4n) is 5.29. The van der Waals surface area contributed by atoms with Crippen molar-refractivity contribution in [3.05, 3.63) is 64.6 Å². The molecular formula is C29H31ClF2N6O5. The minimum atomic E-state index is -1.15. The quantitative estimate of drug-likeness (QED) is 0.261.